The molecule has 2 aromatic carbocycles. The predicted molar refractivity (Wildman–Crippen MR) is 94.5 cm³/mol. The minimum absolute atomic E-state index is 0.0615. The second kappa shape index (κ2) is 7.17. The van der Waals surface area contributed by atoms with E-state index in [0.717, 1.165) is 22.4 Å². The topological polar surface area (TPSA) is 77.2 Å². The van der Waals surface area contributed by atoms with Crippen molar-refractivity contribution in [2.24, 2.45) is 0 Å². The number of nitrogens with one attached hydrogen (secondary N) is 1. The molecule has 0 bridgehead atoms. The van der Waals surface area contributed by atoms with E-state index in [1.165, 1.54) is 0 Å². The van der Waals surface area contributed by atoms with Crippen molar-refractivity contribution in [2.45, 2.75) is 20.8 Å². The first-order valence-electron chi connectivity index (χ1n) is 7.92. The number of amides is 1. The molecule has 6 nitrogen and oxygen atoms in total. The molecular weight excluding hydrogens is 318 g/mol. The van der Waals surface area contributed by atoms with E-state index in [1.54, 1.807) is 19.1 Å². The number of hydrogen-bond acceptors (Lipinski definition) is 5. The summed E-state index contributed by atoms with van der Waals surface area (Å²) in [6.07, 6.45) is 0. The third-order valence-electron chi connectivity index (χ3n) is 3.89. The number of aryl methyl sites for hydroxylation is 2. The number of carbonyl (C=O) groups excluding carboxylic acids is 1. The van der Waals surface area contributed by atoms with Crippen molar-refractivity contribution in [2.75, 3.05) is 11.9 Å². The molecule has 6 heteroatoms. The Balaban J connectivity index is 1.58. The van der Waals surface area contributed by atoms with E-state index < -0.39 is 0 Å². The fraction of sp³-hybridized carbons (Fsp3) is 0.211. The molecule has 0 aliphatic rings. The molecule has 0 unspecified atom stereocenters. The van der Waals surface area contributed by atoms with E-state index in [4.69, 9.17) is 9.26 Å². The van der Waals surface area contributed by atoms with Gasteiger partial charge in [0.1, 0.15) is 5.75 Å². The van der Waals surface area contributed by atoms with Crippen molar-refractivity contribution < 1.29 is 14.1 Å². The molecule has 1 heterocycles. The molecule has 0 fully saturated rings. The van der Waals surface area contributed by atoms with Gasteiger partial charge in [0.15, 0.2) is 6.61 Å². The van der Waals surface area contributed by atoms with E-state index in [2.05, 4.69) is 15.5 Å². The summed E-state index contributed by atoms with van der Waals surface area (Å²) in [7, 11) is 0. The lowest BCUT2D eigenvalue weighted by Gasteiger charge is -2.11. The number of hydrogen-bond donors (Lipinski definition) is 1. The number of carbonyl (C=O) groups is 1. The Bertz CT molecular complexity index is 885. The van der Waals surface area contributed by atoms with Gasteiger partial charge in [-0.3, -0.25) is 4.79 Å². The van der Waals surface area contributed by atoms with E-state index in [-0.39, 0.29) is 12.5 Å². The van der Waals surface area contributed by atoms with E-state index in [9.17, 15) is 4.79 Å². The van der Waals surface area contributed by atoms with Crippen molar-refractivity contribution in [3.05, 3.63) is 59.5 Å². The largest absolute Gasteiger partial charge is 0.484 e. The van der Waals surface area contributed by atoms with Gasteiger partial charge in [0.2, 0.25) is 11.7 Å². The van der Waals surface area contributed by atoms with Crippen LogP contribution in [-0.4, -0.2) is 22.7 Å². The Hall–Kier alpha value is -3.15. The van der Waals surface area contributed by atoms with E-state index in [1.807, 2.05) is 44.2 Å². The Morgan fingerprint density at radius 2 is 1.88 bits per heavy atom. The lowest BCUT2D eigenvalue weighted by molar-refractivity contribution is -0.118. The van der Waals surface area contributed by atoms with Gasteiger partial charge in [-0.25, -0.2) is 0 Å². The van der Waals surface area contributed by atoms with Crippen LogP contribution in [0.3, 0.4) is 0 Å². The van der Waals surface area contributed by atoms with Crippen LogP contribution >= 0.6 is 0 Å². The molecule has 1 amide bonds. The number of nitrogens with zero attached hydrogens (tertiary/aromatic N) is 2. The van der Waals surface area contributed by atoms with Gasteiger partial charge in [0.25, 0.3) is 5.91 Å². The van der Waals surface area contributed by atoms with Crippen LogP contribution < -0.4 is 10.1 Å². The van der Waals surface area contributed by atoms with Crippen LogP contribution in [0.1, 0.15) is 17.0 Å². The van der Waals surface area contributed by atoms with Gasteiger partial charge in [0, 0.05) is 18.2 Å². The summed E-state index contributed by atoms with van der Waals surface area (Å²) in [6.45, 7) is 5.66. The fourth-order valence-electron chi connectivity index (χ4n) is 2.34. The number of ether oxygens (including phenoxy) is 1. The third-order valence-corrected chi connectivity index (χ3v) is 3.89. The summed E-state index contributed by atoms with van der Waals surface area (Å²) in [5.41, 5.74) is 3.81. The molecule has 0 radical (unpaired) electrons. The van der Waals surface area contributed by atoms with Crippen molar-refractivity contribution in [3.63, 3.8) is 0 Å². The normalized spacial score (nSPS) is 10.5. The lowest BCUT2D eigenvalue weighted by Crippen LogP contribution is -2.20. The van der Waals surface area contributed by atoms with Gasteiger partial charge in [-0.05, 0) is 55.3 Å². The fourth-order valence-corrected chi connectivity index (χ4v) is 2.34. The number of aromatic nitrogens is 2. The Morgan fingerprint density at radius 3 is 2.56 bits per heavy atom. The number of rotatable bonds is 5. The van der Waals surface area contributed by atoms with Gasteiger partial charge in [-0.15, -0.1) is 0 Å². The van der Waals surface area contributed by atoms with Gasteiger partial charge < -0.3 is 14.6 Å². The zero-order valence-corrected chi connectivity index (χ0v) is 14.4. The average Bonchev–Trinajstić information content (AvgIpc) is 3.04. The highest BCUT2D eigenvalue weighted by Crippen LogP contribution is 2.20. The van der Waals surface area contributed by atoms with Crippen molar-refractivity contribution in [3.8, 4) is 17.1 Å². The van der Waals surface area contributed by atoms with Crippen LogP contribution in [0.25, 0.3) is 11.4 Å². The minimum Gasteiger partial charge on any atom is -0.484 e. The molecule has 3 rings (SSSR count). The Morgan fingerprint density at radius 1 is 1.12 bits per heavy atom. The summed E-state index contributed by atoms with van der Waals surface area (Å²) >= 11 is 0. The van der Waals surface area contributed by atoms with Crippen LogP contribution in [0.15, 0.2) is 47.0 Å². The zero-order valence-electron chi connectivity index (χ0n) is 14.4. The summed E-state index contributed by atoms with van der Waals surface area (Å²) in [4.78, 5) is 16.2. The maximum absolute atomic E-state index is 12.1. The monoisotopic (exact) mass is 337 g/mol. The molecule has 0 spiro atoms. The van der Waals surface area contributed by atoms with Crippen LogP contribution in [-0.2, 0) is 4.79 Å². The maximum atomic E-state index is 12.1. The van der Waals surface area contributed by atoms with Crippen LogP contribution in [0.2, 0.25) is 0 Å². The van der Waals surface area contributed by atoms with Gasteiger partial charge >= 0.3 is 0 Å². The molecule has 0 saturated heterocycles. The first kappa shape index (κ1) is 16.7. The maximum Gasteiger partial charge on any atom is 0.262 e. The molecule has 0 aliphatic heterocycles. The van der Waals surface area contributed by atoms with Crippen LogP contribution in [0.4, 0.5) is 5.69 Å². The minimum atomic E-state index is -0.202. The lowest BCUT2D eigenvalue weighted by atomic mass is 10.1. The molecule has 0 atom stereocenters. The third kappa shape index (κ3) is 4.03. The molecule has 3 aromatic rings. The first-order chi connectivity index (χ1) is 12.0. The molecule has 25 heavy (non-hydrogen) atoms. The zero-order chi connectivity index (χ0) is 17.8. The molecule has 0 saturated carbocycles. The Kier molecular flexibility index (Phi) is 4.79. The smallest absolute Gasteiger partial charge is 0.262 e. The highest BCUT2D eigenvalue weighted by Gasteiger charge is 2.08. The average molecular weight is 337 g/mol. The molecule has 1 N–H and O–H groups in total. The quantitative estimate of drug-likeness (QED) is 0.768. The Labute approximate surface area is 145 Å². The molecule has 0 aliphatic carbocycles. The van der Waals surface area contributed by atoms with E-state index in [0.29, 0.717) is 17.5 Å². The van der Waals surface area contributed by atoms with E-state index >= 15 is 0 Å². The SMILES string of the molecule is Cc1nc(-c2ccc(OCC(=O)Nc3cccc(C)c3C)cc2)no1. The number of benzene rings is 2. The van der Waals surface area contributed by atoms with Gasteiger partial charge in [-0.2, -0.15) is 4.98 Å². The molecule has 128 valence electrons. The standard InChI is InChI=1S/C19H19N3O3/c1-12-5-4-6-17(13(12)2)21-18(23)11-24-16-9-7-15(8-10-16)19-20-14(3)25-22-19/h4-10H,11H2,1-3H3,(H,21,23). The van der Waals surface area contributed by atoms with Crippen molar-refractivity contribution >= 4 is 11.6 Å². The van der Waals surface area contributed by atoms with Gasteiger partial charge in [0.05, 0.1) is 0 Å². The summed E-state index contributed by atoms with van der Waals surface area (Å²) in [6, 6.07) is 13.0. The summed E-state index contributed by atoms with van der Waals surface area (Å²) in [5, 5.41) is 6.73. The molecular formula is C19H19N3O3. The van der Waals surface area contributed by atoms with Crippen molar-refractivity contribution in [1.29, 1.82) is 0 Å². The molecule has 1 aromatic heterocycles. The predicted octanol–water partition coefficient (Wildman–Crippen LogP) is 3.68. The highest BCUT2D eigenvalue weighted by atomic mass is 16.5. The van der Waals surface area contributed by atoms with Crippen molar-refractivity contribution in [1.82, 2.24) is 10.1 Å². The van der Waals surface area contributed by atoms with Crippen LogP contribution in [0, 0.1) is 20.8 Å². The summed E-state index contributed by atoms with van der Waals surface area (Å²) in [5.74, 6) is 1.43. The summed E-state index contributed by atoms with van der Waals surface area (Å²) < 4.78 is 10.5. The van der Waals surface area contributed by atoms with Crippen LogP contribution in [0.5, 0.6) is 5.75 Å². The number of anilines is 1. The second-order valence-corrected chi connectivity index (χ2v) is 5.75. The second-order valence-electron chi connectivity index (χ2n) is 5.75. The first-order valence-corrected chi connectivity index (χ1v) is 7.92. The van der Waals surface area contributed by atoms with Gasteiger partial charge in [-0.1, -0.05) is 17.3 Å². The highest BCUT2D eigenvalue weighted by molar-refractivity contribution is 5.92.